The van der Waals surface area contributed by atoms with Crippen molar-refractivity contribution in [3.63, 3.8) is 0 Å². The molecule has 0 saturated carbocycles. The van der Waals surface area contributed by atoms with Crippen LogP contribution in [-0.2, 0) is 4.79 Å². The summed E-state index contributed by atoms with van der Waals surface area (Å²) in [6.07, 6.45) is 1.45. The maximum absolute atomic E-state index is 10.7. The summed E-state index contributed by atoms with van der Waals surface area (Å²) in [6.45, 7) is 1.38. The Morgan fingerprint density at radius 3 is 2.67 bits per heavy atom. The number of hydrogen-bond acceptors (Lipinski definition) is 5. The van der Waals surface area contributed by atoms with Crippen LogP contribution in [0, 0.1) is 11.8 Å². The van der Waals surface area contributed by atoms with Crippen molar-refractivity contribution < 1.29 is 14.3 Å². The van der Waals surface area contributed by atoms with E-state index in [1.807, 2.05) is 0 Å². The zero-order valence-corrected chi connectivity index (χ0v) is 8.70. The molecule has 1 aromatic rings. The number of hydrogen-bond donors (Lipinski definition) is 0. The van der Waals surface area contributed by atoms with Crippen LogP contribution in [0.25, 0.3) is 0 Å². The maximum Gasteiger partial charge on any atom is 0.319 e. The minimum atomic E-state index is -0.229. The molecule has 0 aliphatic carbocycles. The van der Waals surface area contributed by atoms with Crippen molar-refractivity contribution in [2.75, 3.05) is 14.2 Å². The molecular weight excluding hydrogens is 196 g/mol. The van der Waals surface area contributed by atoms with E-state index in [9.17, 15) is 4.79 Å². The number of nitrogens with zero attached hydrogens (tertiary/aromatic N) is 2. The van der Waals surface area contributed by atoms with Gasteiger partial charge in [0.15, 0.2) is 0 Å². The third-order valence-corrected chi connectivity index (χ3v) is 1.48. The molecule has 0 atom stereocenters. The minimum Gasteiger partial charge on any atom is -0.480 e. The van der Waals surface area contributed by atoms with Crippen molar-refractivity contribution in [1.82, 2.24) is 9.97 Å². The lowest BCUT2D eigenvalue weighted by molar-refractivity contribution is -0.111. The van der Waals surface area contributed by atoms with Gasteiger partial charge in [0.25, 0.3) is 0 Å². The van der Waals surface area contributed by atoms with Crippen molar-refractivity contribution in [1.29, 1.82) is 0 Å². The second-order valence-electron chi connectivity index (χ2n) is 2.59. The lowest BCUT2D eigenvalue weighted by atomic mass is 10.3. The fourth-order valence-electron chi connectivity index (χ4n) is 0.846. The zero-order chi connectivity index (χ0) is 11.3. The Kier molecular flexibility index (Phi) is 3.63. The molecule has 0 bridgehead atoms. The van der Waals surface area contributed by atoms with Gasteiger partial charge in [0.1, 0.15) is 5.56 Å². The molecule has 0 amide bonds. The van der Waals surface area contributed by atoms with Gasteiger partial charge in [-0.05, 0) is 5.92 Å². The first-order chi connectivity index (χ1) is 7.17. The standard InChI is InChI=1S/C10H10N2O3/c1-7(13)4-5-8-6-11-10(15-3)12-9(8)14-2/h6H,1-3H3. The summed E-state index contributed by atoms with van der Waals surface area (Å²) in [5, 5.41) is 0. The average Bonchev–Trinajstić information content (AvgIpc) is 2.25. The largest absolute Gasteiger partial charge is 0.480 e. The molecule has 1 rings (SSSR count). The molecule has 0 fully saturated rings. The fraction of sp³-hybridized carbons (Fsp3) is 0.300. The Labute approximate surface area is 87.4 Å². The number of carbonyl (C=O) groups excluding carboxylic acids is 1. The normalized spacial score (nSPS) is 8.73. The molecule has 0 saturated heterocycles. The van der Waals surface area contributed by atoms with Crippen molar-refractivity contribution in [2.45, 2.75) is 6.92 Å². The Bertz CT molecular complexity index is 432. The second kappa shape index (κ2) is 4.96. The predicted molar refractivity (Wildman–Crippen MR) is 52.7 cm³/mol. The lowest BCUT2D eigenvalue weighted by Gasteiger charge is -2.02. The average molecular weight is 206 g/mol. The highest BCUT2D eigenvalue weighted by molar-refractivity contribution is 5.93. The molecule has 0 spiro atoms. The SMILES string of the molecule is COc1ncc(C#CC(C)=O)c(OC)n1. The molecule has 0 N–H and O–H groups in total. The highest BCUT2D eigenvalue weighted by Gasteiger charge is 2.05. The van der Waals surface area contributed by atoms with Crippen LogP contribution in [0.1, 0.15) is 12.5 Å². The van der Waals surface area contributed by atoms with E-state index in [0.29, 0.717) is 5.56 Å². The number of rotatable bonds is 2. The van der Waals surface area contributed by atoms with Crippen molar-refractivity contribution in [3.05, 3.63) is 11.8 Å². The number of aromatic nitrogens is 2. The second-order valence-corrected chi connectivity index (χ2v) is 2.59. The quantitative estimate of drug-likeness (QED) is 0.657. The lowest BCUT2D eigenvalue weighted by Crippen LogP contribution is -1.98. The van der Waals surface area contributed by atoms with Crippen LogP contribution < -0.4 is 9.47 Å². The topological polar surface area (TPSA) is 61.3 Å². The van der Waals surface area contributed by atoms with E-state index in [1.54, 1.807) is 0 Å². The van der Waals surface area contributed by atoms with Gasteiger partial charge in [-0.3, -0.25) is 4.79 Å². The summed E-state index contributed by atoms with van der Waals surface area (Å²) < 4.78 is 9.80. The molecular formula is C10H10N2O3. The van der Waals surface area contributed by atoms with Gasteiger partial charge < -0.3 is 9.47 Å². The van der Waals surface area contributed by atoms with Gasteiger partial charge in [0.05, 0.1) is 20.4 Å². The van der Waals surface area contributed by atoms with Gasteiger partial charge >= 0.3 is 6.01 Å². The van der Waals surface area contributed by atoms with Crippen LogP contribution in [0.2, 0.25) is 0 Å². The van der Waals surface area contributed by atoms with Crippen LogP contribution in [-0.4, -0.2) is 30.0 Å². The number of methoxy groups -OCH3 is 2. The minimum absolute atomic E-state index is 0.195. The van der Waals surface area contributed by atoms with Gasteiger partial charge in [0, 0.05) is 6.92 Å². The van der Waals surface area contributed by atoms with E-state index in [0.717, 1.165) is 0 Å². The smallest absolute Gasteiger partial charge is 0.319 e. The summed E-state index contributed by atoms with van der Waals surface area (Å²) in [5.74, 6) is 5.05. The van der Waals surface area contributed by atoms with E-state index >= 15 is 0 Å². The number of Topliss-reactive ketones (excluding diaryl/α,β-unsaturated/α-hetero) is 1. The highest BCUT2D eigenvalue weighted by atomic mass is 16.5. The highest BCUT2D eigenvalue weighted by Crippen LogP contribution is 2.15. The molecule has 15 heavy (non-hydrogen) atoms. The van der Waals surface area contributed by atoms with E-state index in [1.165, 1.54) is 27.3 Å². The fourth-order valence-corrected chi connectivity index (χ4v) is 0.846. The van der Waals surface area contributed by atoms with Crippen molar-refractivity contribution in [2.24, 2.45) is 0 Å². The molecule has 0 aliphatic rings. The van der Waals surface area contributed by atoms with E-state index in [-0.39, 0.29) is 17.7 Å². The summed E-state index contributed by atoms with van der Waals surface area (Å²) in [5.41, 5.74) is 0.452. The van der Waals surface area contributed by atoms with Gasteiger partial charge in [-0.1, -0.05) is 5.92 Å². The Hall–Kier alpha value is -2.09. The van der Waals surface area contributed by atoms with E-state index in [2.05, 4.69) is 21.8 Å². The molecule has 0 aromatic carbocycles. The monoisotopic (exact) mass is 206 g/mol. The number of carbonyl (C=O) groups is 1. The van der Waals surface area contributed by atoms with Crippen LogP contribution in [0.4, 0.5) is 0 Å². The van der Waals surface area contributed by atoms with Crippen LogP contribution in [0.3, 0.4) is 0 Å². The molecule has 0 aliphatic heterocycles. The van der Waals surface area contributed by atoms with Gasteiger partial charge in [0.2, 0.25) is 11.7 Å². The van der Waals surface area contributed by atoms with Gasteiger partial charge in [-0.25, -0.2) is 4.98 Å². The summed E-state index contributed by atoms with van der Waals surface area (Å²) in [4.78, 5) is 18.4. The molecule has 5 heteroatoms. The Morgan fingerprint density at radius 1 is 1.40 bits per heavy atom. The molecule has 0 radical (unpaired) electrons. The van der Waals surface area contributed by atoms with E-state index in [4.69, 9.17) is 9.47 Å². The van der Waals surface area contributed by atoms with Crippen LogP contribution in [0.15, 0.2) is 6.20 Å². The van der Waals surface area contributed by atoms with Crippen molar-refractivity contribution >= 4 is 5.78 Å². The van der Waals surface area contributed by atoms with E-state index < -0.39 is 0 Å². The van der Waals surface area contributed by atoms with Crippen LogP contribution >= 0.6 is 0 Å². The first kappa shape index (κ1) is 11.0. The number of ether oxygens (including phenoxy) is 2. The maximum atomic E-state index is 10.7. The summed E-state index contributed by atoms with van der Waals surface area (Å²) in [7, 11) is 2.91. The Morgan fingerprint density at radius 2 is 2.13 bits per heavy atom. The van der Waals surface area contributed by atoms with Gasteiger partial charge in [-0.2, -0.15) is 4.98 Å². The molecule has 78 valence electrons. The molecule has 1 aromatic heterocycles. The summed E-state index contributed by atoms with van der Waals surface area (Å²) >= 11 is 0. The van der Waals surface area contributed by atoms with Gasteiger partial charge in [-0.15, -0.1) is 0 Å². The Balaban J connectivity index is 3.09. The van der Waals surface area contributed by atoms with Crippen molar-refractivity contribution in [3.8, 4) is 23.7 Å². The first-order valence-electron chi connectivity index (χ1n) is 4.15. The third-order valence-electron chi connectivity index (χ3n) is 1.48. The molecule has 0 unspecified atom stereocenters. The predicted octanol–water partition coefficient (Wildman–Crippen LogP) is 0.434. The van der Waals surface area contributed by atoms with Crippen LogP contribution in [0.5, 0.6) is 11.9 Å². The molecule has 1 heterocycles. The molecule has 5 nitrogen and oxygen atoms in total. The zero-order valence-electron chi connectivity index (χ0n) is 8.70. The summed E-state index contributed by atoms with van der Waals surface area (Å²) in [6, 6.07) is 0.195. The first-order valence-corrected chi connectivity index (χ1v) is 4.15. The third kappa shape index (κ3) is 2.95. The number of ketones is 1.